The number of halogens is 2. The van der Waals surface area contributed by atoms with Crippen LogP contribution in [0.25, 0.3) is 0 Å². The Morgan fingerprint density at radius 1 is 1.56 bits per heavy atom. The number of pyridine rings is 1. The first-order valence-corrected chi connectivity index (χ1v) is 7.52. The molecule has 1 aliphatic heterocycles. The number of nitrogens with zero attached hydrogens (tertiary/aromatic N) is 2. The predicted molar refractivity (Wildman–Crippen MR) is 67.4 cm³/mol. The van der Waals surface area contributed by atoms with E-state index >= 15 is 0 Å². The third-order valence-corrected chi connectivity index (χ3v) is 5.47. The summed E-state index contributed by atoms with van der Waals surface area (Å²) >= 11 is 9.29. The number of anilines is 1. The van der Waals surface area contributed by atoms with Crippen LogP contribution in [-0.4, -0.2) is 25.7 Å². The van der Waals surface area contributed by atoms with Gasteiger partial charge in [-0.25, -0.2) is 13.4 Å². The van der Waals surface area contributed by atoms with Crippen molar-refractivity contribution in [1.29, 1.82) is 0 Å². The number of rotatable bonds is 1. The smallest absolute Gasteiger partial charge is 0.235 e. The molecule has 0 bridgehead atoms. The molecule has 1 saturated heterocycles. The Morgan fingerprint density at radius 2 is 2.25 bits per heavy atom. The van der Waals surface area contributed by atoms with Crippen LogP contribution in [0, 0.1) is 6.92 Å². The van der Waals surface area contributed by atoms with Crippen molar-refractivity contribution < 1.29 is 8.42 Å². The fourth-order valence-corrected chi connectivity index (χ4v) is 3.98. The van der Waals surface area contributed by atoms with E-state index in [1.165, 1.54) is 4.31 Å². The van der Waals surface area contributed by atoms with Crippen molar-refractivity contribution in [3.8, 4) is 0 Å². The Morgan fingerprint density at radius 3 is 2.81 bits per heavy atom. The SMILES string of the molecule is Cc1c(Br)cnc(Cl)c1N1CCCS1(=O)=O. The van der Waals surface area contributed by atoms with Gasteiger partial charge in [0.15, 0.2) is 5.15 Å². The highest BCUT2D eigenvalue weighted by molar-refractivity contribution is 9.10. The highest BCUT2D eigenvalue weighted by Crippen LogP contribution is 2.35. The van der Waals surface area contributed by atoms with Gasteiger partial charge in [0.1, 0.15) is 0 Å². The number of hydrogen-bond acceptors (Lipinski definition) is 3. The first kappa shape index (κ1) is 12.1. The third kappa shape index (κ3) is 1.94. The lowest BCUT2D eigenvalue weighted by Crippen LogP contribution is -2.26. The molecule has 0 N–H and O–H groups in total. The Bertz CT molecular complexity index is 533. The van der Waals surface area contributed by atoms with Gasteiger partial charge in [0.25, 0.3) is 0 Å². The molecule has 0 aromatic carbocycles. The van der Waals surface area contributed by atoms with Gasteiger partial charge in [-0.1, -0.05) is 11.6 Å². The maximum absolute atomic E-state index is 11.8. The summed E-state index contributed by atoms with van der Waals surface area (Å²) in [5.74, 6) is 0.176. The molecule has 0 aliphatic carbocycles. The van der Waals surface area contributed by atoms with E-state index in [2.05, 4.69) is 20.9 Å². The van der Waals surface area contributed by atoms with Crippen LogP contribution < -0.4 is 4.31 Å². The number of sulfonamides is 1. The maximum atomic E-state index is 11.8. The van der Waals surface area contributed by atoms with Gasteiger partial charge in [-0.3, -0.25) is 4.31 Å². The van der Waals surface area contributed by atoms with E-state index in [0.29, 0.717) is 18.7 Å². The molecule has 1 fully saturated rings. The molecule has 1 aromatic heterocycles. The Kier molecular flexibility index (Phi) is 3.16. The second kappa shape index (κ2) is 4.16. The van der Waals surface area contributed by atoms with Crippen LogP contribution in [-0.2, 0) is 10.0 Å². The summed E-state index contributed by atoms with van der Waals surface area (Å²) in [4.78, 5) is 3.96. The molecule has 1 aromatic rings. The molecule has 2 rings (SSSR count). The zero-order chi connectivity index (χ0) is 11.9. The standard InChI is InChI=1S/C9H10BrClN2O2S/c1-6-7(10)5-12-9(11)8(6)13-3-2-4-16(13,14)15/h5H,2-4H2,1H3. The van der Waals surface area contributed by atoms with E-state index in [4.69, 9.17) is 11.6 Å². The van der Waals surface area contributed by atoms with Crippen LogP contribution >= 0.6 is 27.5 Å². The average molecular weight is 326 g/mol. The second-order valence-corrected chi connectivity index (χ2v) is 6.84. The lowest BCUT2D eigenvalue weighted by Gasteiger charge is -2.20. The van der Waals surface area contributed by atoms with Crippen molar-refractivity contribution >= 4 is 43.2 Å². The van der Waals surface area contributed by atoms with Gasteiger partial charge >= 0.3 is 0 Å². The quantitative estimate of drug-likeness (QED) is 0.745. The minimum atomic E-state index is -3.21. The second-order valence-electron chi connectivity index (χ2n) is 3.61. The van der Waals surface area contributed by atoms with Crippen LogP contribution in [0.5, 0.6) is 0 Å². The molecule has 0 amide bonds. The molecule has 0 unspecified atom stereocenters. The van der Waals surface area contributed by atoms with Gasteiger partial charge in [-0.15, -0.1) is 0 Å². The molecule has 16 heavy (non-hydrogen) atoms. The molecular weight excluding hydrogens is 316 g/mol. The van der Waals surface area contributed by atoms with Gasteiger partial charge in [-0.05, 0) is 34.8 Å². The van der Waals surface area contributed by atoms with Crippen molar-refractivity contribution in [1.82, 2.24) is 4.98 Å². The molecule has 0 saturated carbocycles. The van der Waals surface area contributed by atoms with Gasteiger partial charge in [0, 0.05) is 17.2 Å². The van der Waals surface area contributed by atoms with E-state index in [1.54, 1.807) is 6.20 Å². The van der Waals surface area contributed by atoms with Gasteiger partial charge in [-0.2, -0.15) is 0 Å². The number of hydrogen-bond donors (Lipinski definition) is 0. The Labute approximate surface area is 108 Å². The first-order valence-electron chi connectivity index (χ1n) is 4.74. The van der Waals surface area contributed by atoms with Crippen LogP contribution in [0.15, 0.2) is 10.7 Å². The van der Waals surface area contributed by atoms with E-state index in [1.807, 2.05) is 6.92 Å². The molecular formula is C9H10BrClN2O2S. The Hall–Kier alpha value is -0.330. The fraction of sp³-hybridized carbons (Fsp3) is 0.444. The monoisotopic (exact) mass is 324 g/mol. The predicted octanol–water partition coefficient (Wildman–Crippen LogP) is 2.35. The summed E-state index contributed by atoms with van der Waals surface area (Å²) in [6, 6.07) is 0. The first-order chi connectivity index (χ1) is 7.43. The summed E-state index contributed by atoms with van der Waals surface area (Å²) in [5, 5.41) is 0.228. The van der Waals surface area contributed by atoms with Crippen molar-refractivity contribution in [2.24, 2.45) is 0 Å². The molecule has 1 aliphatic rings. The minimum absolute atomic E-state index is 0.176. The molecule has 88 valence electrons. The summed E-state index contributed by atoms with van der Waals surface area (Å²) in [6.45, 7) is 2.29. The molecule has 7 heteroatoms. The molecule has 2 heterocycles. The molecule has 4 nitrogen and oxygen atoms in total. The van der Waals surface area contributed by atoms with E-state index in [9.17, 15) is 8.42 Å². The highest BCUT2D eigenvalue weighted by Gasteiger charge is 2.31. The van der Waals surface area contributed by atoms with Gasteiger partial charge in [0.2, 0.25) is 10.0 Å². The zero-order valence-electron chi connectivity index (χ0n) is 8.57. The van der Waals surface area contributed by atoms with Gasteiger partial charge in [0.05, 0.1) is 11.4 Å². The van der Waals surface area contributed by atoms with Crippen molar-refractivity contribution in [2.45, 2.75) is 13.3 Å². The lowest BCUT2D eigenvalue weighted by molar-refractivity contribution is 0.599. The molecule has 0 radical (unpaired) electrons. The van der Waals surface area contributed by atoms with Crippen molar-refractivity contribution in [3.63, 3.8) is 0 Å². The highest BCUT2D eigenvalue weighted by atomic mass is 79.9. The van der Waals surface area contributed by atoms with Crippen LogP contribution in [0.4, 0.5) is 5.69 Å². The fourth-order valence-electron chi connectivity index (χ4n) is 1.72. The number of aromatic nitrogens is 1. The normalized spacial score (nSPS) is 19.1. The minimum Gasteiger partial charge on any atom is -0.267 e. The lowest BCUT2D eigenvalue weighted by atomic mass is 10.2. The van der Waals surface area contributed by atoms with E-state index < -0.39 is 10.0 Å². The Balaban J connectivity index is 2.61. The van der Waals surface area contributed by atoms with Crippen molar-refractivity contribution in [3.05, 3.63) is 21.4 Å². The van der Waals surface area contributed by atoms with E-state index in [-0.39, 0.29) is 10.9 Å². The van der Waals surface area contributed by atoms with Gasteiger partial charge < -0.3 is 0 Å². The summed E-state index contributed by atoms with van der Waals surface area (Å²) in [7, 11) is -3.21. The summed E-state index contributed by atoms with van der Waals surface area (Å²) in [6.07, 6.45) is 2.20. The van der Waals surface area contributed by atoms with Crippen LogP contribution in [0.3, 0.4) is 0 Å². The third-order valence-electron chi connectivity index (χ3n) is 2.55. The van der Waals surface area contributed by atoms with Crippen molar-refractivity contribution in [2.75, 3.05) is 16.6 Å². The molecule has 0 spiro atoms. The van der Waals surface area contributed by atoms with Crippen LogP contribution in [0.2, 0.25) is 5.15 Å². The summed E-state index contributed by atoms with van der Waals surface area (Å²) < 4.78 is 25.7. The summed E-state index contributed by atoms with van der Waals surface area (Å²) in [5.41, 5.74) is 1.29. The largest absolute Gasteiger partial charge is 0.267 e. The average Bonchev–Trinajstić information content (AvgIpc) is 2.54. The topological polar surface area (TPSA) is 50.3 Å². The maximum Gasteiger partial charge on any atom is 0.235 e. The zero-order valence-corrected chi connectivity index (χ0v) is 11.7. The van der Waals surface area contributed by atoms with Crippen LogP contribution in [0.1, 0.15) is 12.0 Å². The molecule has 0 atom stereocenters. The van der Waals surface area contributed by atoms with E-state index in [0.717, 1.165) is 10.0 Å².